The van der Waals surface area contributed by atoms with Crippen LogP contribution in [0.1, 0.15) is 16.1 Å². The zero-order valence-corrected chi connectivity index (χ0v) is 12.6. The molecular formula is C18H16N2O3. The molecule has 116 valence electrons. The van der Waals surface area contributed by atoms with Gasteiger partial charge in [0, 0.05) is 18.8 Å². The summed E-state index contributed by atoms with van der Waals surface area (Å²) in [6.45, 7) is 0.494. The standard InChI is InChI=1S/C18H16N2O3/c1-20-11-16(17(19-20)18(21)22)14-7-9-15(10-8-14)23-12-13-5-3-2-4-6-13/h2-11H,12H2,1H3,(H,21,22). The Morgan fingerprint density at radius 1 is 1.13 bits per heavy atom. The van der Waals surface area contributed by atoms with Gasteiger partial charge in [0.1, 0.15) is 12.4 Å². The highest BCUT2D eigenvalue weighted by Gasteiger charge is 2.16. The summed E-state index contributed by atoms with van der Waals surface area (Å²) in [7, 11) is 1.70. The van der Waals surface area contributed by atoms with Crippen molar-refractivity contribution in [3.8, 4) is 16.9 Å². The molecule has 5 nitrogen and oxygen atoms in total. The van der Waals surface area contributed by atoms with E-state index in [4.69, 9.17) is 4.74 Å². The molecule has 0 radical (unpaired) electrons. The lowest BCUT2D eigenvalue weighted by molar-refractivity contribution is 0.0690. The fraction of sp³-hybridized carbons (Fsp3) is 0.111. The number of nitrogens with zero attached hydrogens (tertiary/aromatic N) is 2. The van der Waals surface area contributed by atoms with Gasteiger partial charge in [-0.2, -0.15) is 5.10 Å². The summed E-state index contributed by atoms with van der Waals surface area (Å²) < 4.78 is 7.23. The first-order valence-electron chi connectivity index (χ1n) is 7.17. The number of aryl methyl sites for hydroxylation is 1. The molecule has 3 aromatic rings. The highest BCUT2D eigenvalue weighted by atomic mass is 16.5. The summed E-state index contributed by atoms with van der Waals surface area (Å²) in [5.74, 6) is -0.302. The number of carbonyl (C=O) groups is 1. The maximum absolute atomic E-state index is 11.2. The van der Waals surface area contributed by atoms with E-state index in [9.17, 15) is 9.90 Å². The number of carboxylic acid groups (broad SMARTS) is 1. The van der Waals surface area contributed by atoms with E-state index in [1.165, 1.54) is 4.68 Å². The van der Waals surface area contributed by atoms with Crippen LogP contribution in [0.15, 0.2) is 60.8 Å². The number of rotatable bonds is 5. The quantitative estimate of drug-likeness (QED) is 0.785. The molecule has 0 aliphatic rings. The first-order chi connectivity index (χ1) is 11.1. The first kappa shape index (κ1) is 14.8. The van der Waals surface area contributed by atoms with Crippen molar-refractivity contribution in [3.05, 3.63) is 72.1 Å². The second-order valence-electron chi connectivity index (χ2n) is 5.17. The van der Waals surface area contributed by atoms with Crippen molar-refractivity contribution in [3.63, 3.8) is 0 Å². The molecule has 0 unspecified atom stereocenters. The first-order valence-corrected chi connectivity index (χ1v) is 7.17. The summed E-state index contributed by atoms with van der Waals surface area (Å²) in [6, 6.07) is 17.2. The minimum absolute atomic E-state index is 0.0467. The van der Waals surface area contributed by atoms with Crippen molar-refractivity contribution in [2.45, 2.75) is 6.61 Å². The molecule has 1 N–H and O–H groups in total. The lowest BCUT2D eigenvalue weighted by atomic mass is 10.1. The van der Waals surface area contributed by atoms with Gasteiger partial charge in [-0.1, -0.05) is 42.5 Å². The summed E-state index contributed by atoms with van der Waals surface area (Å²) >= 11 is 0. The Bertz CT molecular complexity index is 808. The lowest BCUT2D eigenvalue weighted by Crippen LogP contribution is -2.00. The maximum Gasteiger partial charge on any atom is 0.357 e. The van der Waals surface area contributed by atoms with Crippen LogP contribution in [-0.2, 0) is 13.7 Å². The average molecular weight is 308 g/mol. The van der Waals surface area contributed by atoms with E-state index in [2.05, 4.69) is 5.10 Å². The second-order valence-corrected chi connectivity index (χ2v) is 5.17. The molecule has 0 aliphatic carbocycles. The predicted octanol–water partition coefficient (Wildman–Crippen LogP) is 3.36. The molecule has 0 saturated heterocycles. The number of hydrogen-bond donors (Lipinski definition) is 1. The third-order valence-electron chi connectivity index (χ3n) is 3.45. The van der Waals surface area contributed by atoms with Crippen LogP contribution in [0.4, 0.5) is 0 Å². The van der Waals surface area contributed by atoms with Crippen LogP contribution in [0.2, 0.25) is 0 Å². The van der Waals surface area contributed by atoms with E-state index in [-0.39, 0.29) is 5.69 Å². The third kappa shape index (κ3) is 3.40. The van der Waals surface area contributed by atoms with Crippen molar-refractivity contribution in [2.24, 2.45) is 7.05 Å². The average Bonchev–Trinajstić information content (AvgIpc) is 2.97. The van der Waals surface area contributed by atoms with Crippen LogP contribution < -0.4 is 4.74 Å². The number of benzene rings is 2. The van der Waals surface area contributed by atoms with Gasteiger partial charge in [0.15, 0.2) is 5.69 Å². The Balaban J connectivity index is 1.76. The third-order valence-corrected chi connectivity index (χ3v) is 3.45. The van der Waals surface area contributed by atoms with Crippen LogP contribution >= 0.6 is 0 Å². The number of aromatic nitrogens is 2. The van der Waals surface area contributed by atoms with Crippen LogP contribution in [0.5, 0.6) is 5.75 Å². The fourth-order valence-corrected chi connectivity index (χ4v) is 2.33. The summed E-state index contributed by atoms with van der Waals surface area (Å²) in [4.78, 5) is 11.2. The molecule has 0 spiro atoms. The molecular weight excluding hydrogens is 292 g/mol. The van der Waals surface area contributed by atoms with Gasteiger partial charge in [-0.25, -0.2) is 4.79 Å². The van der Waals surface area contributed by atoms with Crippen molar-refractivity contribution >= 4 is 5.97 Å². The second kappa shape index (κ2) is 6.36. The number of hydrogen-bond acceptors (Lipinski definition) is 3. The summed E-state index contributed by atoms with van der Waals surface area (Å²) in [6.07, 6.45) is 1.70. The van der Waals surface area contributed by atoms with Crippen molar-refractivity contribution in [2.75, 3.05) is 0 Å². The maximum atomic E-state index is 11.2. The Kier molecular flexibility index (Phi) is 4.10. The van der Waals surface area contributed by atoms with Crippen molar-refractivity contribution in [1.82, 2.24) is 9.78 Å². The van der Waals surface area contributed by atoms with Gasteiger partial charge >= 0.3 is 5.97 Å². The molecule has 0 aliphatic heterocycles. The number of carboxylic acids is 1. The molecule has 2 aromatic carbocycles. The van der Waals surface area contributed by atoms with Gasteiger partial charge in [0.2, 0.25) is 0 Å². The molecule has 3 rings (SSSR count). The van der Waals surface area contributed by atoms with Crippen LogP contribution in [0.25, 0.3) is 11.1 Å². The Labute approximate surface area is 133 Å². The highest BCUT2D eigenvalue weighted by Crippen LogP contribution is 2.25. The Morgan fingerprint density at radius 3 is 2.48 bits per heavy atom. The fourth-order valence-electron chi connectivity index (χ4n) is 2.33. The topological polar surface area (TPSA) is 64.3 Å². The van der Waals surface area contributed by atoms with Gasteiger partial charge in [0.25, 0.3) is 0 Å². The summed E-state index contributed by atoms with van der Waals surface area (Å²) in [5, 5.41) is 13.2. The lowest BCUT2D eigenvalue weighted by Gasteiger charge is -2.07. The van der Waals surface area contributed by atoms with Gasteiger partial charge in [0.05, 0.1) is 0 Å². The zero-order chi connectivity index (χ0) is 16.2. The Morgan fingerprint density at radius 2 is 1.83 bits per heavy atom. The molecule has 1 heterocycles. The van der Waals surface area contributed by atoms with E-state index < -0.39 is 5.97 Å². The summed E-state index contributed by atoms with van der Waals surface area (Å²) in [5.41, 5.74) is 2.53. The van der Waals surface area contributed by atoms with Crippen molar-refractivity contribution in [1.29, 1.82) is 0 Å². The molecule has 1 aromatic heterocycles. The predicted molar refractivity (Wildman–Crippen MR) is 86.4 cm³/mol. The number of aromatic carboxylic acids is 1. The van der Waals surface area contributed by atoms with Gasteiger partial charge in [-0.3, -0.25) is 4.68 Å². The molecule has 0 fully saturated rings. The molecule has 23 heavy (non-hydrogen) atoms. The minimum atomic E-state index is -1.04. The van der Waals surface area contributed by atoms with Gasteiger partial charge < -0.3 is 9.84 Å². The molecule has 0 amide bonds. The largest absolute Gasteiger partial charge is 0.489 e. The monoisotopic (exact) mass is 308 g/mol. The van der Waals surface area contributed by atoms with Gasteiger partial charge in [-0.15, -0.1) is 0 Å². The highest BCUT2D eigenvalue weighted by molar-refractivity contribution is 5.93. The van der Waals surface area contributed by atoms with E-state index >= 15 is 0 Å². The zero-order valence-electron chi connectivity index (χ0n) is 12.6. The molecule has 0 saturated carbocycles. The normalized spacial score (nSPS) is 10.5. The van der Waals surface area contributed by atoms with E-state index in [0.29, 0.717) is 12.2 Å². The van der Waals surface area contributed by atoms with Crippen LogP contribution in [-0.4, -0.2) is 20.9 Å². The van der Waals surface area contributed by atoms with Crippen LogP contribution in [0, 0.1) is 0 Å². The van der Waals surface area contributed by atoms with Crippen LogP contribution in [0.3, 0.4) is 0 Å². The number of ether oxygens (including phenoxy) is 1. The SMILES string of the molecule is Cn1cc(-c2ccc(OCc3ccccc3)cc2)c(C(=O)O)n1. The molecule has 5 heteroatoms. The van der Waals surface area contributed by atoms with E-state index in [1.54, 1.807) is 13.2 Å². The van der Waals surface area contributed by atoms with E-state index in [0.717, 1.165) is 16.9 Å². The molecule has 0 atom stereocenters. The Hall–Kier alpha value is -3.08. The smallest absolute Gasteiger partial charge is 0.357 e. The van der Waals surface area contributed by atoms with E-state index in [1.807, 2.05) is 54.6 Å². The minimum Gasteiger partial charge on any atom is -0.489 e. The van der Waals surface area contributed by atoms with Crippen molar-refractivity contribution < 1.29 is 14.6 Å². The van der Waals surface area contributed by atoms with Gasteiger partial charge in [-0.05, 0) is 23.3 Å². The molecule has 0 bridgehead atoms.